The number of fused-ring (bicyclic) bond motifs is 1. The second-order valence-electron chi connectivity index (χ2n) is 12.0. The number of hydrogen-bond acceptors (Lipinski definition) is 15. The third-order valence-corrected chi connectivity index (χ3v) is 9.03. The number of phenolic OH excluding ortho intramolecular Hbond substituents is 2. The number of carbonyl (C=O) groups is 3. The number of carboxylic acid groups (broad SMARTS) is 1. The van der Waals surface area contributed by atoms with Crippen molar-refractivity contribution >= 4 is 24.0 Å². The van der Waals surface area contributed by atoms with Gasteiger partial charge in [0.1, 0.15) is 30.2 Å². The van der Waals surface area contributed by atoms with E-state index in [2.05, 4.69) is 0 Å². The van der Waals surface area contributed by atoms with Crippen LogP contribution in [0.1, 0.15) is 29.3 Å². The normalized spacial score (nSPS) is 30.5. The van der Waals surface area contributed by atoms with E-state index in [4.69, 9.17) is 33.2 Å². The first-order chi connectivity index (χ1) is 23.9. The molecule has 10 atom stereocenters. The van der Waals surface area contributed by atoms with Crippen molar-refractivity contribution in [2.45, 2.75) is 56.4 Å². The third kappa shape index (κ3) is 7.49. The van der Waals surface area contributed by atoms with E-state index in [9.17, 15) is 45.0 Å². The van der Waals surface area contributed by atoms with Gasteiger partial charge in [-0.05, 0) is 48.4 Å². The number of aromatic hydroxyl groups is 2. The number of benzene rings is 2. The van der Waals surface area contributed by atoms with Crippen LogP contribution >= 0.6 is 0 Å². The average molecular weight is 703 g/mol. The Morgan fingerprint density at radius 2 is 1.68 bits per heavy atom. The maximum absolute atomic E-state index is 13.0. The van der Waals surface area contributed by atoms with Gasteiger partial charge in [-0.15, -0.1) is 0 Å². The van der Waals surface area contributed by atoms with Crippen LogP contribution in [-0.4, -0.2) is 112 Å². The lowest BCUT2D eigenvalue weighted by Crippen LogP contribution is -2.61. The summed E-state index contributed by atoms with van der Waals surface area (Å²) in [4.78, 5) is 38.1. The summed E-state index contributed by atoms with van der Waals surface area (Å²) in [7, 11) is 2.66. The number of phenols is 2. The molecule has 0 spiro atoms. The molecule has 0 unspecified atom stereocenters. The third-order valence-electron chi connectivity index (χ3n) is 9.03. The van der Waals surface area contributed by atoms with Gasteiger partial charge in [0.15, 0.2) is 17.6 Å². The van der Waals surface area contributed by atoms with Gasteiger partial charge in [0.2, 0.25) is 18.3 Å². The molecule has 5 rings (SSSR count). The Bertz CT molecular complexity index is 1610. The van der Waals surface area contributed by atoms with Crippen molar-refractivity contribution in [3.8, 4) is 23.0 Å². The summed E-state index contributed by atoms with van der Waals surface area (Å²) in [6.07, 6.45) is -6.87. The molecule has 1 saturated heterocycles. The summed E-state index contributed by atoms with van der Waals surface area (Å²) in [6, 6.07) is 8.41. The van der Waals surface area contributed by atoms with Crippen LogP contribution < -0.4 is 9.47 Å². The second kappa shape index (κ2) is 15.3. The van der Waals surface area contributed by atoms with Crippen molar-refractivity contribution in [1.29, 1.82) is 0 Å². The van der Waals surface area contributed by atoms with E-state index in [1.54, 1.807) is 6.92 Å². The molecule has 1 aliphatic carbocycles. The van der Waals surface area contributed by atoms with E-state index in [0.29, 0.717) is 5.56 Å². The first-order valence-electron chi connectivity index (χ1n) is 15.6. The number of aliphatic hydroxyl groups is 3. The molecule has 270 valence electrons. The predicted molar refractivity (Wildman–Crippen MR) is 168 cm³/mol. The number of carboxylic acids is 1. The Morgan fingerprint density at radius 3 is 2.30 bits per heavy atom. The Hall–Kier alpha value is -4.87. The fraction of sp³-hybridized carbons (Fsp3) is 0.441. The van der Waals surface area contributed by atoms with E-state index >= 15 is 0 Å². The van der Waals surface area contributed by atoms with Gasteiger partial charge in [-0.3, -0.25) is 0 Å². The molecule has 0 amide bonds. The zero-order valence-electron chi connectivity index (χ0n) is 27.1. The minimum atomic E-state index is -1.81. The standard InChI is InChI=1S/C34H38O16/c1-15-21(47-32(43)17-5-4-6-18(36)11-17)12-19-20(31(41)42)14-46-33(26(15)19)50-34-30(29(40)28(39)24(13-35)48-34)49-25(37)8-7-16-9-22(44-2)27(38)23(10-16)45-3/h4-11,14-15,19,21,24,26,28-30,33-36,38-40H,12-13H2,1-3H3,(H,41,42)/b8-7+/t15-,19+,21+,24+,26+,28+,29+,30-,33+,34+/m1/s1. The van der Waals surface area contributed by atoms with Crippen molar-refractivity contribution in [3.63, 3.8) is 0 Å². The van der Waals surface area contributed by atoms with Gasteiger partial charge in [0, 0.05) is 23.8 Å². The number of rotatable bonds is 11. The summed E-state index contributed by atoms with van der Waals surface area (Å²) in [5.74, 6) is -5.31. The lowest BCUT2D eigenvalue weighted by Gasteiger charge is -2.44. The van der Waals surface area contributed by atoms with Gasteiger partial charge in [-0.25, -0.2) is 14.4 Å². The zero-order chi connectivity index (χ0) is 36.3. The molecule has 2 aromatic rings. The fourth-order valence-corrected chi connectivity index (χ4v) is 6.42. The minimum absolute atomic E-state index is 0.0727. The Kier molecular flexibility index (Phi) is 11.2. The van der Waals surface area contributed by atoms with Crippen LogP contribution in [0.3, 0.4) is 0 Å². The minimum Gasteiger partial charge on any atom is -0.508 e. The number of esters is 2. The number of aliphatic carboxylic acids is 1. The molecule has 3 aliphatic rings. The van der Waals surface area contributed by atoms with Gasteiger partial charge in [0.05, 0.1) is 38.2 Å². The van der Waals surface area contributed by atoms with Gasteiger partial charge in [-0.1, -0.05) is 13.0 Å². The Balaban J connectivity index is 1.36. The highest BCUT2D eigenvalue weighted by Gasteiger charge is 2.55. The first-order valence-corrected chi connectivity index (χ1v) is 15.6. The Labute approximate surface area is 285 Å². The summed E-state index contributed by atoms with van der Waals surface area (Å²) in [6.45, 7) is 0.968. The lowest BCUT2D eigenvalue weighted by molar-refractivity contribution is -0.343. The summed E-state index contributed by atoms with van der Waals surface area (Å²) < 4.78 is 39.0. The molecule has 2 aromatic carbocycles. The van der Waals surface area contributed by atoms with Crippen LogP contribution in [0, 0.1) is 17.8 Å². The topological polar surface area (TPSA) is 237 Å². The van der Waals surface area contributed by atoms with Crippen LogP contribution in [0.25, 0.3) is 6.08 Å². The quantitative estimate of drug-likeness (QED) is 0.143. The molecule has 0 radical (unpaired) electrons. The number of methoxy groups -OCH3 is 2. The smallest absolute Gasteiger partial charge is 0.338 e. The van der Waals surface area contributed by atoms with Gasteiger partial charge < -0.3 is 63.8 Å². The number of carbonyl (C=O) groups excluding carboxylic acids is 2. The molecular formula is C34H38O16. The van der Waals surface area contributed by atoms with Crippen molar-refractivity contribution in [1.82, 2.24) is 0 Å². The van der Waals surface area contributed by atoms with Crippen LogP contribution in [-0.2, 0) is 33.3 Å². The monoisotopic (exact) mass is 702 g/mol. The zero-order valence-corrected chi connectivity index (χ0v) is 27.1. The average Bonchev–Trinajstić information content (AvgIpc) is 3.42. The highest BCUT2D eigenvalue weighted by molar-refractivity contribution is 5.90. The fourth-order valence-electron chi connectivity index (χ4n) is 6.42. The second-order valence-corrected chi connectivity index (χ2v) is 12.0. The Morgan fingerprint density at radius 1 is 0.980 bits per heavy atom. The number of hydrogen-bond donors (Lipinski definition) is 6. The van der Waals surface area contributed by atoms with Gasteiger partial charge in [0.25, 0.3) is 0 Å². The van der Waals surface area contributed by atoms with E-state index in [-0.39, 0.29) is 40.6 Å². The highest BCUT2D eigenvalue weighted by atomic mass is 16.8. The highest BCUT2D eigenvalue weighted by Crippen LogP contribution is 2.49. The molecule has 6 N–H and O–H groups in total. The molecule has 16 nitrogen and oxygen atoms in total. The van der Waals surface area contributed by atoms with Crippen LogP contribution in [0.4, 0.5) is 0 Å². The van der Waals surface area contributed by atoms with Crippen molar-refractivity contribution < 1.29 is 78.2 Å². The van der Waals surface area contributed by atoms with E-state index < -0.39 is 85.4 Å². The van der Waals surface area contributed by atoms with Crippen molar-refractivity contribution in [3.05, 3.63) is 65.4 Å². The van der Waals surface area contributed by atoms with Crippen molar-refractivity contribution in [2.75, 3.05) is 20.8 Å². The molecule has 16 heteroatoms. The molecule has 50 heavy (non-hydrogen) atoms. The van der Waals surface area contributed by atoms with Crippen LogP contribution in [0.15, 0.2) is 54.3 Å². The lowest BCUT2D eigenvalue weighted by atomic mass is 9.83. The number of aliphatic hydroxyl groups excluding tert-OH is 3. The molecule has 1 saturated carbocycles. The van der Waals surface area contributed by atoms with E-state index in [1.165, 1.54) is 56.7 Å². The van der Waals surface area contributed by atoms with Crippen molar-refractivity contribution in [2.24, 2.45) is 17.8 Å². The van der Waals surface area contributed by atoms with E-state index in [1.807, 2.05) is 0 Å². The van der Waals surface area contributed by atoms with E-state index in [0.717, 1.165) is 12.3 Å². The molecule has 0 aromatic heterocycles. The predicted octanol–water partition coefficient (Wildman–Crippen LogP) is 1.32. The molecule has 2 aliphatic heterocycles. The van der Waals surface area contributed by atoms with Gasteiger partial charge in [-0.2, -0.15) is 0 Å². The summed E-state index contributed by atoms with van der Waals surface area (Å²) in [5, 5.41) is 61.2. The van der Waals surface area contributed by atoms with Gasteiger partial charge >= 0.3 is 17.9 Å². The molecule has 2 fully saturated rings. The largest absolute Gasteiger partial charge is 0.508 e. The number of ether oxygens (including phenoxy) is 7. The van der Waals surface area contributed by atoms with Crippen LogP contribution in [0.2, 0.25) is 0 Å². The summed E-state index contributed by atoms with van der Waals surface area (Å²) in [5.41, 5.74) is 0.367. The molecule has 0 bridgehead atoms. The summed E-state index contributed by atoms with van der Waals surface area (Å²) >= 11 is 0. The SMILES string of the molecule is COc1cc(/C=C/C(=O)O[C@H]2[C@H](O[C@@H]3OC=C(C(=O)O)[C@@H]4C[C@H](OC(=O)c5cccc(O)c5)[C@@H](C)[C@H]34)O[C@@H](CO)[C@H](O)[C@@H]2O)cc(OC)c1O. The first kappa shape index (κ1) is 36.4. The van der Waals surface area contributed by atoms with Crippen LogP contribution in [0.5, 0.6) is 23.0 Å². The maximum atomic E-state index is 13.0. The molecular weight excluding hydrogens is 664 g/mol. The maximum Gasteiger partial charge on any atom is 0.338 e. The molecule has 2 heterocycles.